The number of rotatable bonds is 0. The molecule has 6 bridgehead atoms. The zero-order valence-corrected chi connectivity index (χ0v) is 34.9. The van der Waals surface area contributed by atoms with Gasteiger partial charge < -0.3 is 4.40 Å². The third kappa shape index (κ3) is 3.62. The molecule has 2 aromatic heterocycles. The van der Waals surface area contributed by atoms with Gasteiger partial charge in [0.2, 0.25) is 0 Å². The van der Waals surface area contributed by atoms with Crippen molar-refractivity contribution in [1.29, 1.82) is 5.26 Å². The van der Waals surface area contributed by atoms with Crippen LogP contribution < -0.4 is 0 Å². The number of carbonyl (C=O) groups is 1. The lowest BCUT2D eigenvalue weighted by Crippen LogP contribution is -2.28. The SMILES string of the molecule is N#Cc1cc2c(c3c1C1c4ccccc4C3c3ccccc31)c1cc3c(c4c5cc6c(cc5n2c14)C(=O)C1c2ccccc2C6c2ccccc21)C1c2ccccc2C3c2ccccc21. The van der Waals surface area contributed by atoms with Crippen molar-refractivity contribution in [3.63, 3.8) is 0 Å². The van der Waals surface area contributed by atoms with Gasteiger partial charge in [-0.25, -0.2) is 0 Å². The number of nitrogens with zero attached hydrogens (tertiary/aromatic N) is 2. The standard InChI is InChI=1S/C62H34N2O/c63-29-30-25-49-57(60-50(30)53-37-19-7-9-21-39(37)55(60)40-22-10-8-20-38(40)53)47-27-46-52-31-13-1-5-17-35(31)54(36-18-6-2-14-32(36)52)58(46)59-45-26-43-44(28-48(45)64(49)61(47)59)62(65)56-41-23-11-3-15-33(41)51(43)34-16-4-12-24-42(34)56/h1-28,51-56H. The van der Waals surface area contributed by atoms with Gasteiger partial charge in [-0.3, -0.25) is 4.79 Å². The van der Waals surface area contributed by atoms with Crippen molar-refractivity contribution < 1.29 is 4.79 Å². The number of Topliss-reactive ketones (excluding diaryl/α,β-unsaturated/α-hetero) is 1. The summed E-state index contributed by atoms with van der Waals surface area (Å²) in [6.45, 7) is 0. The van der Waals surface area contributed by atoms with Crippen LogP contribution >= 0.6 is 0 Å². The van der Waals surface area contributed by atoms with Crippen LogP contribution in [0.5, 0.6) is 0 Å². The number of hydrogen-bond acceptors (Lipinski definition) is 2. The van der Waals surface area contributed by atoms with Gasteiger partial charge in [-0.1, -0.05) is 146 Å². The quantitative estimate of drug-likeness (QED) is 0.153. The highest BCUT2D eigenvalue weighted by Crippen LogP contribution is 2.63. The molecule has 9 aromatic carbocycles. The number of fused-ring (bicyclic) bond motifs is 6. The first-order chi connectivity index (χ1) is 32.2. The number of benzene rings is 9. The zero-order valence-electron chi connectivity index (χ0n) is 34.9. The predicted molar refractivity (Wildman–Crippen MR) is 255 cm³/mol. The molecule has 65 heavy (non-hydrogen) atoms. The molecule has 0 fully saturated rings. The normalized spacial score (nSPS) is 21.6. The molecule has 0 saturated carbocycles. The van der Waals surface area contributed by atoms with E-state index in [1.165, 1.54) is 99.4 Å². The van der Waals surface area contributed by atoms with Crippen molar-refractivity contribution in [1.82, 2.24) is 4.40 Å². The Labute approximate surface area is 373 Å². The third-order valence-electron chi connectivity index (χ3n) is 17.0. The van der Waals surface area contributed by atoms with E-state index in [2.05, 4.69) is 180 Å². The van der Waals surface area contributed by atoms with Crippen LogP contribution in [0.25, 0.3) is 38.1 Å². The smallest absolute Gasteiger partial charge is 0.175 e. The summed E-state index contributed by atoms with van der Waals surface area (Å²) in [6.07, 6.45) is 0. The fourth-order valence-corrected chi connectivity index (χ4v) is 14.9. The molecule has 0 spiro atoms. The molecule has 0 saturated heterocycles. The lowest BCUT2D eigenvalue weighted by Gasteiger charge is -2.43. The van der Waals surface area contributed by atoms with Crippen LogP contribution in [0.3, 0.4) is 0 Å². The van der Waals surface area contributed by atoms with Gasteiger partial charge in [-0.2, -0.15) is 5.26 Å². The van der Waals surface area contributed by atoms with Crippen LogP contribution in [0.15, 0.2) is 170 Å². The summed E-state index contributed by atoms with van der Waals surface area (Å²) in [6, 6.07) is 65.7. The Morgan fingerprint density at radius 1 is 0.369 bits per heavy atom. The summed E-state index contributed by atoms with van der Waals surface area (Å²) in [5, 5.41) is 16.3. The van der Waals surface area contributed by atoms with Gasteiger partial charge in [0.25, 0.3) is 0 Å². The molecule has 3 nitrogen and oxygen atoms in total. The molecule has 0 N–H and O–H groups in total. The predicted octanol–water partition coefficient (Wildman–Crippen LogP) is 13.5. The molecule has 3 heteroatoms. The molecule has 20 rings (SSSR count). The fourth-order valence-electron chi connectivity index (χ4n) is 14.9. The van der Waals surface area contributed by atoms with Gasteiger partial charge in [-0.15, -0.1) is 0 Å². The molecule has 9 aliphatic rings. The first-order valence-corrected chi connectivity index (χ1v) is 23.1. The van der Waals surface area contributed by atoms with Crippen molar-refractivity contribution in [2.75, 3.05) is 0 Å². The molecule has 0 atom stereocenters. The number of hydrogen-bond donors (Lipinski definition) is 0. The maximum Gasteiger partial charge on any atom is 0.175 e. The van der Waals surface area contributed by atoms with Gasteiger partial charge in [0.15, 0.2) is 5.78 Å². The van der Waals surface area contributed by atoms with Gasteiger partial charge in [0.05, 0.1) is 34.1 Å². The monoisotopic (exact) mass is 822 g/mol. The average Bonchev–Trinajstić information content (AvgIpc) is 3.81. The Kier molecular flexibility index (Phi) is 5.76. The van der Waals surface area contributed by atoms with Crippen LogP contribution in [0.1, 0.15) is 146 Å². The van der Waals surface area contributed by atoms with E-state index in [1.807, 2.05) is 0 Å². The number of aromatic nitrogens is 1. The van der Waals surface area contributed by atoms with Crippen LogP contribution in [-0.2, 0) is 0 Å². The molecule has 11 aromatic rings. The minimum atomic E-state index is -0.368. The van der Waals surface area contributed by atoms with Gasteiger partial charge in [0.1, 0.15) is 0 Å². The van der Waals surface area contributed by atoms with Crippen molar-refractivity contribution in [2.24, 2.45) is 0 Å². The average molecular weight is 823 g/mol. The van der Waals surface area contributed by atoms with Crippen LogP contribution in [0.2, 0.25) is 0 Å². The molecular formula is C62H34N2O. The van der Waals surface area contributed by atoms with E-state index in [-0.39, 0.29) is 41.3 Å². The first-order valence-electron chi connectivity index (χ1n) is 23.1. The van der Waals surface area contributed by atoms with Crippen molar-refractivity contribution in [2.45, 2.75) is 35.5 Å². The third-order valence-corrected chi connectivity index (χ3v) is 17.0. The van der Waals surface area contributed by atoms with E-state index in [0.29, 0.717) is 0 Å². The molecule has 298 valence electrons. The van der Waals surface area contributed by atoms with Crippen LogP contribution in [0.4, 0.5) is 0 Å². The Morgan fingerprint density at radius 2 is 0.769 bits per heavy atom. The maximum absolute atomic E-state index is 15.5. The summed E-state index contributed by atoms with van der Waals surface area (Å²) in [5.41, 5.74) is 26.7. The molecule has 2 heterocycles. The number of ketones is 1. The number of carbonyl (C=O) groups excluding carboxylic acids is 1. The van der Waals surface area contributed by atoms with E-state index in [4.69, 9.17) is 0 Å². The zero-order chi connectivity index (χ0) is 42.1. The Balaban J connectivity index is 1.08. The van der Waals surface area contributed by atoms with E-state index in [0.717, 1.165) is 44.4 Å². The van der Waals surface area contributed by atoms with E-state index in [9.17, 15) is 5.26 Å². The second-order valence-electron chi connectivity index (χ2n) is 19.4. The molecule has 0 radical (unpaired) electrons. The molecule has 9 aliphatic carbocycles. The first kappa shape index (κ1) is 33.5. The lowest BCUT2D eigenvalue weighted by atomic mass is 9.59. The minimum Gasteiger partial charge on any atom is -0.308 e. The highest BCUT2D eigenvalue weighted by molar-refractivity contribution is 6.27. The lowest BCUT2D eigenvalue weighted by molar-refractivity contribution is 0.0974. The number of nitriles is 1. The summed E-state index contributed by atoms with van der Waals surface area (Å²) >= 11 is 0. The van der Waals surface area contributed by atoms with Gasteiger partial charge in [-0.05, 0) is 119 Å². The van der Waals surface area contributed by atoms with E-state index in [1.54, 1.807) is 0 Å². The Bertz CT molecular complexity index is 4020. The largest absolute Gasteiger partial charge is 0.308 e. The molecule has 0 amide bonds. The fraction of sp³-hybridized carbons (Fsp3) is 0.0968. The maximum atomic E-state index is 15.5. The minimum absolute atomic E-state index is 0.0187. The summed E-state index contributed by atoms with van der Waals surface area (Å²) in [5.74, 6) is -0.194. The van der Waals surface area contributed by atoms with E-state index >= 15 is 4.79 Å². The Morgan fingerprint density at radius 3 is 1.25 bits per heavy atom. The van der Waals surface area contributed by atoms with Crippen molar-refractivity contribution in [3.05, 3.63) is 276 Å². The topological polar surface area (TPSA) is 45.3 Å². The van der Waals surface area contributed by atoms with E-state index < -0.39 is 0 Å². The van der Waals surface area contributed by atoms with Gasteiger partial charge >= 0.3 is 0 Å². The molecule has 0 aliphatic heterocycles. The summed E-state index contributed by atoms with van der Waals surface area (Å²) < 4.78 is 2.48. The van der Waals surface area contributed by atoms with Crippen LogP contribution in [-0.4, -0.2) is 10.2 Å². The second kappa shape index (κ2) is 11.2. The second-order valence-corrected chi connectivity index (χ2v) is 19.4. The molecule has 0 unspecified atom stereocenters. The Hall–Kier alpha value is -8.06. The summed E-state index contributed by atoms with van der Waals surface area (Å²) in [7, 11) is 0. The highest BCUT2D eigenvalue weighted by Gasteiger charge is 2.48. The van der Waals surface area contributed by atoms with Crippen molar-refractivity contribution in [3.8, 4) is 6.07 Å². The van der Waals surface area contributed by atoms with Crippen LogP contribution in [0, 0.1) is 11.3 Å². The van der Waals surface area contributed by atoms with Gasteiger partial charge in [0, 0.05) is 56.7 Å². The highest BCUT2D eigenvalue weighted by atomic mass is 16.1. The van der Waals surface area contributed by atoms with Crippen molar-refractivity contribution >= 4 is 43.9 Å². The summed E-state index contributed by atoms with van der Waals surface area (Å²) in [4.78, 5) is 15.5. The molecular weight excluding hydrogens is 789 g/mol.